The molecule has 35 heavy (non-hydrogen) atoms. The van der Waals surface area contributed by atoms with Crippen LogP contribution in [0.3, 0.4) is 0 Å². The first-order chi connectivity index (χ1) is 16.9. The second kappa shape index (κ2) is 8.35. The highest BCUT2D eigenvalue weighted by Crippen LogP contribution is 2.36. The Morgan fingerprint density at radius 1 is 1.03 bits per heavy atom. The van der Waals surface area contributed by atoms with Gasteiger partial charge < -0.3 is 15.2 Å². The van der Waals surface area contributed by atoms with E-state index in [2.05, 4.69) is 25.2 Å². The summed E-state index contributed by atoms with van der Waals surface area (Å²) in [6, 6.07) is 16.5. The molecule has 0 atom stereocenters. The van der Waals surface area contributed by atoms with Crippen molar-refractivity contribution >= 4 is 49.8 Å². The van der Waals surface area contributed by atoms with Crippen LogP contribution >= 0.6 is 11.6 Å². The maximum absolute atomic E-state index is 13.0. The van der Waals surface area contributed by atoms with Gasteiger partial charge in [0.05, 0.1) is 17.0 Å². The van der Waals surface area contributed by atoms with Crippen LogP contribution in [-0.2, 0) is 16.3 Å². The first-order valence-corrected chi connectivity index (χ1v) is 13.4. The summed E-state index contributed by atoms with van der Waals surface area (Å²) in [5.41, 5.74) is 2.84. The normalized spacial score (nSPS) is 17.1. The smallest absolute Gasteiger partial charge is 0.248 e. The molecule has 4 aromatic rings. The highest BCUT2D eigenvalue weighted by Gasteiger charge is 2.34. The number of nitrogens with zero attached hydrogens (tertiary/aromatic N) is 3. The van der Waals surface area contributed by atoms with Gasteiger partial charge in [0.15, 0.2) is 15.7 Å². The Kier molecular flexibility index (Phi) is 5.26. The van der Waals surface area contributed by atoms with Gasteiger partial charge in [0.25, 0.3) is 0 Å². The molecule has 178 valence electrons. The number of pyridine rings is 1. The molecule has 4 heterocycles. The van der Waals surface area contributed by atoms with Crippen LogP contribution in [0, 0.1) is 0 Å². The molecule has 6 rings (SSSR count). The number of benzene rings is 2. The van der Waals surface area contributed by atoms with Crippen LogP contribution < -0.4 is 15.8 Å². The average Bonchev–Trinajstić information content (AvgIpc) is 2.78. The van der Waals surface area contributed by atoms with E-state index in [-0.39, 0.29) is 22.0 Å². The van der Waals surface area contributed by atoms with Crippen molar-refractivity contribution < 1.29 is 8.42 Å². The molecule has 0 unspecified atom stereocenters. The molecule has 0 spiro atoms. The maximum Gasteiger partial charge on any atom is 0.248 e. The van der Waals surface area contributed by atoms with E-state index in [9.17, 15) is 13.2 Å². The summed E-state index contributed by atoms with van der Waals surface area (Å²) in [5, 5.41) is 4.78. The SMILES string of the molecule is O=c1ccc2ccc(Nc3nc(N4CC(c5ccc(Cl)cc5)C4)nc4c3S(=O)(=O)CCC4)cc2[nH]1. The van der Waals surface area contributed by atoms with E-state index in [0.29, 0.717) is 46.6 Å². The molecule has 8 nitrogen and oxygen atoms in total. The summed E-state index contributed by atoms with van der Waals surface area (Å²) >= 11 is 6.01. The molecular weight excluding hydrogens is 486 g/mol. The quantitative estimate of drug-likeness (QED) is 0.429. The van der Waals surface area contributed by atoms with Crippen molar-refractivity contribution in [3.8, 4) is 0 Å². The number of fused-ring (bicyclic) bond motifs is 2. The van der Waals surface area contributed by atoms with E-state index in [0.717, 1.165) is 18.5 Å². The van der Waals surface area contributed by atoms with Gasteiger partial charge in [0.1, 0.15) is 4.90 Å². The summed E-state index contributed by atoms with van der Waals surface area (Å²) in [7, 11) is -3.51. The van der Waals surface area contributed by atoms with Gasteiger partial charge >= 0.3 is 0 Å². The second-order valence-electron chi connectivity index (χ2n) is 8.97. The molecule has 0 saturated carbocycles. The maximum atomic E-state index is 13.0. The number of aryl methyl sites for hydroxylation is 1. The Morgan fingerprint density at radius 3 is 2.60 bits per heavy atom. The van der Waals surface area contributed by atoms with Gasteiger partial charge in [0.2, 0.25) is 11.5 Å². The van der Waals surface area contributed by atoms with E-state index in [1.807, 2.05) is 36.4 Å². The van der Waals surface area contributed by atoms with Crippen LogP contribution in [0.4, 0.5) is 17.5 Å². The molecule has 2 aromatic heterocycles. The average molecular weight is 508 g/mol. The van der Waals surface area contributed by atoms with Crippen molar-refractivity contribution in [2.45, 2.75) is 23.7 Å². The lowest BCUT2D eigenvalue weighted by Gasteiger charge is -2.40. The Labute approximate surface area is 206 Å². The summed E-state index contributed by atoms with van der Waals surface area (Å²) in [6.45, 7) is 1.48. The van der Waals surface area contributed by atoms with Crippen molar-refractivity contribution in [3.05, 3.63) is 81.2 Å². The Hall–Kier alpha value is -3.43. The van der Waals surface area contributed by atoms with Crippen LogP contribution in [0.2, 0.25) is 5.02 Å². The monoisotopic (exact) mass is 507 g/mol. The highest BCUT2D eigenvalue weighted by atomic mass is 35.5. The lowest BCUT2D eigenvalue weighted by atomic mass is 9.92. The molecule has 1 saturated heterocycles. The van der Waals surface area contributed by atoms with Gasteiger partial charge in [0, 0.05) is 35.8 Å². The molecule has 0 bridgehead atoms. The third kappa shape index (κ3) is 4.15. The number of H-pyrrole nitrogens is 1. The molecule has 1 fully saturated rings. The lowest BCUT2D eigenvalue weighted by Crippen LogP contribution is -2.46. The minimum Gasteiger partial charge on any atom is -0.339 e. The molecule has 2 aromatic carbocycles. The number of halogens is 1. The van der Waals surface area contributed by atoms with E-state index in [1.165, 1.54) is 11.6 Å². The minimum absolute atomic E-state index is 0.0742. The van der Waals surface area contributed by atoms with Crippen LogP contribution in [0.5, 0.6) is 0 Å². The Morgan fingerprint density at radius 2 is 1.80 bits per heavy atom. The number of aromatic nitrogens is 3. The van der Waals surface area contributed by atoms with E-state index in [1.54, 1.807) is 12.1 Å². The van der Waals surface area contributed by atoms with Crippen molar-refractivity contribution in [1.29, 1.82) is 0 Å². The number of hydrogen-bond donors (Lipinski definition) is 2. The van der Waals surface area contributed by atoms with Gasteiger partial charge in [-0.1, -0.05) is 29.8 Å². The van der Waals surface area contributed by atoms with Crippen molar-refractivity contribution in [2.75, 3.05) is 29.1 Å². The third-order valence-corrected chi connectivity index (χ3v) is 8.68. The first kappa shape index (κ1) is 22.1. The molecule has 0 aliphatic carbocycles. The van der Waals surface area contributed by atoms with E-state index in [4.69, 9.17) is 11.6 Å². The van der Waals surface area contributed by atoms with Crippen molar-refractivity contribution in [2.24, 2.45) is 0 Å². The number of nitrogens with one attached hydrogen (secondary N) is 2. The number of rotatable bonds is 4. The number of aromatic amines is 1. The molecule has 10 heteroatoms. The second-order valence-corrected chi connectivity index (χ2v) is 11.5. The van der Waals surface area contributed by atoms with Crippen molar-refractivity contribution in [1.82, 2.24) is 15.0 Å². The largest absolute Gasteiger partial charge is 0.339 e. The van der Waals surface area contributed by atoms with Gasteiger partial charge in [-0.25, -0.2) is 13.4 Å². The zero-order valence-corrected chi connectivity index (χ0v) is 20.2. The van der Waals surface area contributed by atoms with Crippen LogP contribution in [0.15, 0.2) is 64.3 Å². The van der Waals surface area contributed by atoms with Gasteiger partial charge in [-0.15, -0.1) is 0 Å². The zero-order chi connectivity index (χ0) is 24.2. The zero-order valence-electron chi connectivity index (χ0n) is 18.7. The molecular formula is C25H22ClN5O3S. The predicted octanol–water partition coefficient (Wildman–Crippen LogP) is 4.04. The summed E-state index contributed by atoms with van der Waals surface area (Å²) in [6.07, 6.45) is 1.12. The summed E-state index contributed by atoms with van der Waals surface area (Å²) in [5.74, 6) is 1.20. The van der Waals surface area contributed by atoms with Crippen LogP contribution in [0.1, 0.15) is 23.6 Å². The van der Waals surface area contributed by atoms with Crippen LogP contribution in [-0.4, -0.2) is 42.2 Å². The Bertz CT molecular complexity index is 1610. The van der Waals surface area contributed by atoms with Gasteiger partial charge in [-0.2, -0.15) is 4.98 Å². The van der Waals surface area contributed by atoms with Crippen molar-refractivity contribution in [3.63, 3.8) is 0 Å². The van der Waals surface area contributed by atoms with Gasteiger partial charge in [-0.3, -0.25) is 4.79 Å². The summed E-state index contributed by atoms with van der Waals surface area (Å²) < 4.78 is 26.0. The highest BCUT2D eigenvalue weighted by molar-refractivity contribution is 7.91. The fourth-order valence-electron chi connectivity index (χ4n) is 4.69. The van der Waals surface area contributed by atoms with E-state index < -0.39 is 9.84 Å². The van der Waals surface area contributed by atoms with Gasteiger partial charge in [-0.05, 0) is 54.1 Å². The molecule has 0 radical (unpaired) electrons. The number of sulfone groups is 1. The lowest BCUT2D eigenvalue weighted by molar-refractivity contribution is 0.511. The molecule has 2 aliphatic rings. The third-order valence-electron chi connectivity index (χ3n) is 6.56. The fourth-order valence-corrected chi connectivity index (χ4v) is 6.44. The minimum atomic E-state index is -3.51. The molecule has 2 N–H and O–H groups in total. The molecule has 2 aliphatic heterocycles. The summed E-state index contributed by atoms with van der Waals surface area (Å²) in [4.78, 5) is 26.1. The number of anilines is 3. The van der Waals surface area contributed by atoms with E-state index >= 15 is 0 Å². The molecule has 0 amide bonds. The predicted molar refractivity (Wildman–Crippen MR) is 137 cm³/mol. The standard InChI is InChI=1S/C25H22ClN5O3S/c26-18-7-3-15(4-8-18)17-13-31(14-17)25-29-20-2-1-11-35(33,34)23(20)24(30-25)27-19-9-5-16-6-10-22(32)28-21(16)12-19/h3-10,12,17H,1-2,11,13-14H2,(H,28,32)(H,27,29,30). The number of hydrogen-bond acceptors (Lipinski definition) is 7. The Balaban J connectivity index is 1.35. The first-order valence-electron chi connectivity index (χ1n) is 11.4. The topological polar surface area (TPSA) is 108 Å². The van der Waals surface area contributed by atoms with Crippen LogP contribution in [0.25, 0.3) is 10.9 Å². The fraction of sp³-hybridized carbons (Fsp3) is 0.240.